The number of esters is 1. The van der Waals surface area contributed by atoms with Gasteiger partial charge in [0.2, 0.25) is 0 Å². The zero-order chi connectivity index (χ0) is 18.4. The molecule has 0 aliphatic rings. The second-order valence-corrected chi connectivity index (χ2v) is 5.77. The van der Waals surface area contributed by atoms with Crippen molar-refractivity contribution < 1.29 is 28.2 Å². The van der Waals surface area contributed by atoms with Crippen LogP contribution in [-0.2, 0) is 9.53 Å². The minimum atomic E-state index is -0.733. The average Bonchev–Trinajstić information content (AvgIpc) is 2.61. The van der Waals surface area contributed by atoms with E-state index in [-0.39, 0.29) is 11.3 Å². The summed E-state index contributed by atoms with van der Waals surface area (Å²) in [7, 11) is 2.90. The number of rotatable bonds is 6. The summed E-state index contributed by atoms with van der Waals surface area (Å²) in [5, 5.41) is 2.33. The summed E-state index contributed by atoms with van der Waals surface area (Å²) in [6.45, 7) is -0.562. The number of carbonyl (C=O) groups is 2. The van der Waals surface area contributed by atoms with Gasteiger partial charge in [0.25, 0.3) is 5.91 Å². The van der Waals surface area contributed by atoms with Gasteiger partial charge in [0.15, 0.2) is 6.61 Å². The highest BCUT2D eigenvalue weighted by atomic mass is 79.9. The van der Waals surface area contributed by atoms with Gasteiger partial charge in [0.05, 0.1) is 25.5 Å². The van der Waals surface area contributed by atoms with Crippen LogP contribution in [-0.4, -0.2) is 32.7 Å². The van der Waals surface area contributed by atoms with Crippen LogP contribution >= 0.6 is 15.9 Å². The molecule has 132 valence electrons. The lowest BCUT2D eigenvalue weighted by molar-refractivity contribution is -0.119. The zero-order valence-electron chi connectivity index (χ0n) is 13.5. The Labute approximate surface area is 152 Å². The third kappa shape index (κ3) is 5.18. The molecule has 0 bridgehead atoms. The molecular formula is C17H15BrFNO5. The van der Waals surface area contributed by atoms with E-state index in [2.05, 4.69) is 21.2 Å². The summed E-state index contributed by atoms with van der Waals surface area (Å²) in [4.78, 5) is 23.9. The van der Waals surface area contributed by atoms with E-state index in [1.807, 2.05) is 0 Å². The van der Waals surface area contributed by atoms with Gasteiger partial charge >= 0.3 is 5.97 Å². The first-order valence-electron chi connectivity index (χ1n) is 7.08. The van der Waals surface area contributed by atoms with E-state index in [1.54, 1.807) is 12.1 Å². The summed E-state index contributed by atoms with van der Waals surface area (Å²) in [5.41, 5.74) is 0.158. The van der Waals surface area contributed by atoms with Crippen molar-refractivity contribution >= 4 is 33.5 Å². The van der Waals surface area contributed by atoms with Crippen LogP contribution in [0.2, 0.25) is 0 Å². The lowest BCUT2D eigenvalue weighted by Crippen LogP contribution is -2.21. The van der Waals surface area contributed by atoms with Gasteiger partial charge in [-0.15, -0.1) is 0 Å². The number of hydrogen-bond acceptors (Lipinski definition) is 5. The molecule has 0 saturated heterocycles. The predicted molar refractivity (Wildman–Crippen MR) is 92.6 cm³/mol. The second kappa shape index (κ2) is 8.48. The van der Waals surface area contributed by atoms with Crippen LogP contribution in [0.5, 0.6) is 11.5 Å². The topological polar surface area (TPSA) is 73.9 Å². The molecule has 0 aliphatic heterocycles. The van der Waals surface area contributed by atoms with E-state index in [0.717, 1.165) is 0 Å². The molecule has 8 heteroatoms. The number of anilines is 1. The van der Waals surface area contributed by atoms with Crippen molar-refractivity contribution in [3.8, 4) is 11.5 Å². The van der Waals surface area contributed by atoms with E-state index in [4.69, 9.17) is 14.2 Å². The van der Waals surface area contributed by atoms with E-state index in [0.29, 0.717) is 16.0 Å². The van der Waals surface area contributed by atoms with Crippen molar-refractivity contribution in [1.82, 2.24) is 0 Å². The maximum Gasteiger partial charge on any atom is 0.338 e. The molecule has 0 fully saturated rings. The Morgan fingerprint density at radius 3 is 2.28 bits per heavy atom. The molecule has 1 N–H and O–H groups in total. The number of hydrogen-bond donors (Lipinski definition) is 1. The smallest absolute Gasteiger partial charge is 0.338 e. The molecule has 2 rings (SSSR count). The van der Waals surface area contributed by atoms with Crippen molar-refractivity contribution in [2.45, 2.75) is 0 Å². The van der Waals surface area contributed by atoms with Crippen molar-refractivity contribution in [2.24, 2.45) is 0 Å². The van der Waals surface area contributed by atoms with Crippen LogP contribution in [0.25, 0.3) is 0 Å². The van der Waals surface area contributed by atoms with Gasteiger partial charge in [-0.25, -0.2) is 9.18 Å². The Kier molecular flexibility index (Phi) is 6.35. The summed E-state index contributed by atoms with van der Waals surface area (Å²) in [5.74, 6) is -1.18. The van der Waals surface area contributed by atoms with E-state index < -0.39 is 24.3 Å². The van der Waals surface area contributed by atoms with Crippen molar-refractivity contribution in [3.63, 3.8) is 0 Å². The quantitative estimate of drug-likeness (QED) is 0.737. The third-order valence-corrected chi connectivity index (χ3v) is 3.62. The summed E-state index contributed by atoms with van der Waals surface area (Å²) in [6, 6.07) is 8.69. The van der Waals surface area contributed by atoms with Crippen LogP contribution < -0.4 is 14.8 Å². The Morgan fingerprint density at radius 1 is 1.08 bits per heavy atom. The van der Waals surface area contributed by atoms with Crippen LogP contribution in [0.1, 0.15) is 10.4 Å². The average molecular weight is 412 g/mol. The van der Waals surface area contributed by atoms with Crippen LogP contribution in [0.15, 0.2) is 40.9 Å². The molecule has 0 atom stereocenters. The van der Waals surface area contributed by atoms with Crippen molar-refractivity contribution in [3.05, 3.63) is 52.3 Å². The minimum Gasteiger partial charge on any atom is -0.497 e. The predicted octanol–water partition coefficient (Wildman–Crippen LogP) is 3.40. The highest BCUT2D eigenvalue weighted by Gasteiger charge is 2.14. The third-order valence-electron chi connectivity index (χ3n) is 3.13. The first kappa shape index (κ1) is 18.7. The molecule has 2 aromatic carbocycles. The standard InChI is InChI=1S/C17H15BrFNO5/c1-23-12-5-10(6-13(8-12)24-2)17(22)25-9-16(21)20-15-4-3-11(18)7-14(15)19/h3-8H,9H2,1-2H3,(H,20,21). The zero-order valence-corrected chi connectivity index (χ0v) is 15.1. The van der Waals surface area contributed by atoms with Crippen LogP contribution in [0, 0.1) is 5.82 Å². The molecule has 0 heterocycles. The fourth-order valence-electron chi connectivity index (χ4n) is 1.92. The Balaban J connectivity index is 1.98. The van der Waals surface area contributed by atoms with E-state index in [9.17, 15) is 14.0 Å². The largest absolute Gasteiger partial charge is 0.497 e. The van der Waals surface area contributed by atoms with Crippen molar-refractivity contribution in [1.29, 1.82) is 0 Å². The minimum absolute atomic E-state index is 0.00713. The molecule has 0 aliphatic carbocycles. The number of methoxy groups -OCH3 is 2. The summed E-state index contributed by atoms with van der Waals surface area (Å²) >= 11 is 3.12. The monoisotopic (exact) mass is 411 g/mol. The van der Waals surface area contributed by atoms with Gasteiger partial charge in [-0.1, -0.05) is 15.9 Å². The normalized spacial score (nSPS) is 10.1. The van der Waals surface area contributed by atoms with Gasteiger partial charge < -0.3 is 19.5 Å². The number of nitrogens with one attached hydrogen (secondary N) is 1. The molecule has 1 amide bonds. The maximum absolute atomic E-state index is 13.7. The van der Waals surface area contributed by atoms with Crippen LogP contribution in [0.3, 0.4) is 0 Å². The number of halogens is 2. The highest BCUT2D eigenvalue weighted by molar-refractivity contribution is 9.10. The Hall–Kier alpha value is -2.61. The van der Waals surface area contributed by atoms with Gasteiger partial charge in [-0.3, -0.25) is 4.79 Å². The fraction of sp³-hybridized carbons (Fsp3) is 0.176. The second-order valence-electron chi connectivity index (χ2n) is 4.85. The SMILES string of the molecule is COc1cc(OC)cc(C(=O)OCC(=O)Nc2ccc(Br)cc2F)c1. The molecule has 0 aromatic heterocycles. The summed E-state index contributed by atoms with van der Waals surface area (Å²) < 4.78 is 29.3. The first-order chi connectivity index (χ1) is 11.9. The molecule has 0 radical (unpaired) electrons. The lowest BCUT2D eigenvalue weighted by atomic mass is 10.2. The van der Waals surface area contributed by atoms with Gasteiger partial charge in [-0.2, -0.15) is 0 Å². The lowest BCUT2D eigenvalue weighted by Gasteiger charge is -2.09. The summed E-state index contributed by atoms with van der Waals surface area (Å²) in [6.07, 6.45) is 0. The number of benzene rings is 2. The number of amides is 1. The fourth-order valence-corrected chi connectivity index (χ4v) is 2.25. The molecule has 25 heavy (non-hydrogen) atoms. The van der Waals surface area contributed by atoms with Gasteiger partial charge in [0.1, 0.15) is 17.3 Å². The molecule has 0 unspecified atom stereocenters. The Morgan fingerprint density at radius 2 is 1.72 bits per heavy atom. The van der Waals surface area contributed by atoms with E-state index >= 15 is 0 Å². The Bertz CT molecular complexity index is 774. The van der Waals surface area contributed by atoms with Crippen LogP contribution in [0.4, 0.5) is 10.1 Å². The molecule has 6 nitrogen and oxygen atoms in total. The molecular weight excluding hydrogens is 397 g/mol. The highest BCUT2D eigenvalue weighted by Crippen LogP contribution is 2.23. The van der Waals surface area contributed by atoms with E-state index in [1.165, 1.54) is 38.5 Å². The molecule has 2 aromatic rings. The maximum atomic E-state index is 13.7. The molecule has 0 spiro atoms. The van der Waals surface area contributed by atoms with Gasteiger partial charge in [-0.05, 0) is 30.3 Å². The number of ether oxygens (including phenoxy) is 3. The molecule has 0 saturated carbocycles. The van der Waals surface area contributed by atoms with Crippen molar-refractivity contribution in [2.75, 3.05) is 26.1 Å². The number of carbonyl (C=O) groups excluding carboxylic acids is 2. The van der Waals surface area contributed by atoms with Gasteiger partial charge in [0, 0.05) is 10.5 Å². The first-order valence-corrected chi connectivity index (χ1v) is 7.87.